The van der Waals surface area contributed by atoms with E-state index < -0.39 is 0 Å². The van der Waals surface area contributed by atoms with Crippen molar-refractivity contribution in [2.45, 2.75) is 58.0 Å². The van der Waals surface area contributed by atoms with Crippen molar-refractivity contribution in [1.82, 2.24) is 4.90 Å². The zero-order chi connectivity index (χ0) is 14.4. The minimum Gasteiger partial charge on any atom is -0.381 e. The van der Waals surface area contributed by atoms with E-state index in [-0.39, 0.29) is 17.9 Å². The highest BCUT2D eigenvalue weighted by atomic mass is 16.5. The molecule has 0 aromatic rings. The molecule has 0 aromatic heterocycles. The van der Waals surface area contributed by atoms with E-state index in [1.54, 1.807) is 0 Å². The van der Waals surface area contributed by atoms with Gasteiger partial charge in [0.05, 0.1) is 6.10 Å². The Morgan fingerprint density at radius 3 is 2.90 bits per heavy atom. The number of ether oxygens (including phenoxy) is 2. The van der Waals surface area contributed by atoms with Crippen molar-refractivity contribution in [3.05, 3.63) is 0 Å². The van der Waals surface area contributed by atoms with Gasteiger partial charge in [-0.25, -0.2) is 0 Å². The van der Waals surface area contributed by atoms with E-state index in [0.29, 0.717) is 12.7 Å². The first kappa shape index (κ1) is 15.8. The molecule has 2 aliphatic rings. The van der Waals surface area contributed by atoms with Gasteiger partial charge in [-0.15, -0.1) is 0 Å². The third kappa shape index (κ3) is 3.53. The molecule has 1 amide bonds. The molecule has 2 atom stereocenters. The first-order valence-corrected chi connectivity index (χ1v) is 8.10. The Morgan fingerprint density at radius 1 is 1.35 bits per heavy atom. The highest BCUT2D eigenvalue weighted by molar-refractivity contribution is 5.77. The SMILES string of the molecule is CCCCOCC(=O)N1CCC[C@]2(CCC[C@H]2OC)C1. The maximum Gasteiger partial charge on any atom is 0.248 e. The molecule has 20 heavy (non-hydrogen) atoms. The summed E-state index contributed by atoms with van der Waals surface area (Å²) in [4.78, 5) is 14.3. The maximum atomic E-state index is 12.3. The number of amides is 1. The number of methoxy groups -OCH3 is 1. The second-order valence-corrected chi connectivity index (χ2v) is 6.30. The lowest BCUT2D eigenvalue weighted by Gasteiger charge is -2.43. The van der Waals surface area contributed by atoms with Crippen LogP contribution in [0.2, 0.25) is 0 Å². The number of carbonyl (C=O) groups is 1. The average molecular weight is 283 g/mol. The molecule has 1 saturated heterocycles. The van der Waals surface area contributed by atoms with Gasteiger partial charge in [0, 0.05) is 32.2 Å². The lowest BCUT2D eigenvalue weighted by Crippen LogP contribution is -2.50. The molecule has 116 valence electrons. The first-order valence-electron chi connectivity index (χ1n) is 8.10. The van der Waals surface area contributed by atoms with Crippen molar-refractivity contribution in [3.8, 4) is 0 Å². The second-order valence-electron chi connectivity index (χ2n) is 6.30. The van der Waals surface area contributed by atoms with E-state index in [1.165, 1.54) is 19.3 Å². The van der Waals surface area contributed by atoms with Gasteiger partial charge in [-0.05, 0) is 32.1 Å². The molecular weight excluding hydrogens is 254 g/mol. The smallest absolute Gasteiger partial charge is 0.248 e. The molecule has 4 heteroatoms. The van der Waals surface area contributed by atoms with Gasteiger partial charge in [-0.1, -0.05) is 19.8 Å². The molecule has 0 radical (unpaired) electrons. The van der Waals surface area contributed by atoms with Gasteiger partial charge in [0.1, 0.15) is 6.61 Å². The lowest BCUT2D eigenvalue weighted by molar-refractivity contribution is -0.142. The molecule has 2 fully saturated rings. The van der Waals surface area contributed by atoms with Crippen LogP contribution in [0.25, 0.3) is 0 Å². The van der Waals surface area contributed by atoms with E-state index >= 15 is 0 Å². The minimum absolute atomic E-state index is 0.155. The summed E-state index contributed by atoms with van der Waals surface area (Å²) in [5, 5.41) is 0. The summed E-state index contributed by atoms with van der Waals surface area (Å²) in [6.07, 6.45) is 8.34. The van der Waals surface area contributed by atoms with Crippen LogP contribution in [0.5, 0.6) is 0 Å². The van der Waals surface area contributed by atoms with E-state index in [1.807, 2.05) is 12.0 Å². The normalized spacial score (nSPS) is 30.1. The number of hydrogen-bond acceptors (Lipinski definition) is 3. The van der Waals surface area contributed by atoms with Crippen molar-refractivity contribution < 1.29 is 14.3 Å². The zero-order valence-corrected chi connectivity index (χ0v) is 13.0. The van der Waals surface area contributed by atoms with Crippen molar-refractivity contribution >= 4 is 5.91 Å². The van der Waals surface area contributed by atoms with Gasteiger partial charge in [0.15, 0.2) is 0 Å². The summed E-state index contributed by atoms with van der Waals surface area (Å²) in [7, 11) is 1.81. The number of nitrogens with zero attached hydrogens (tertiary/aromatic N) is 1. The molecule has 0 bridgehead atoms. The highest BCUT2D eigenvalue weighted by Gasteiger charge is 2.46. The molecule has 1 aliphatic carbocycles. The lowest BCUT2D eigenvalue weighted by atomic mass is 9.76. The van der Waals surface area contributed by atoms with Crippen LogP contribution in [0.1, 0.15) is 51.9 Å². The maximum absolute atomic E-state index is 12.3. The molecular formula is C16H29NO3. The van der Waals surface area contributed by atoms with Crippen molar-refractivity contribution in [1.29, 1.82) is 0 Å². The Hall–Kier alpha value is -0.610. The van der Waals surface area contributed by atoms with Crippen LogP contribution in [-0.2, 0) is 14.3 Å². The summed E-state index contributed by atoms with van der Waals surface area (Å²) >= 11 is 0. The van der Waals surface area contributed by atoms with E-state index in [2.05, 4.69) is 6.92 Å². The predicted octanol–water partition coefficient (Wildman–Crippen LogP) is 2.61. The molecule has 1 saturated carbocycles. The molecule has 1 aliphatic heterocycles. The van der Waals surface area contributed by atoms with Gasteiger partial charge in [0.2, 0.25) is 5.91 Å². The van der Waals surface area contributed by atoms with Crippen molar-refractivity contribution in [3.63, 3.8) is 0 Å². The van der Waals surface area contributed by atoms with Crippen LogP contribution in [0.15, 0.2) is 0 Å². The molecule has 1 spiro atoms. The fourth-order valence-corrected chi connectivity index (χ4v) is 3.81. The van der Waals surface area contributed by atoms with Crippen LogP contribution >= 0.6 is 0 Å². The van der Waals surface area contributed by atoms with E-state index in [4.69, 9.17) is 9.47 Å². The summed E-state index contributed by atoms with van der Waals surface area (Å²) in [6.45, 7) is 4.82. The quantitative estimate of drug-likeness (QED) is 0.703. The molecule has 2 rings (SSSR count). The predicted molar refractivity (Wildman–Crippen MR) is 78.6 cm³/mol. The van der Waals surface area contributed by atoms with Gasteiger partial charge < -0.3 is 14.4 Å². The Morgan fingerprint density at radius 2 is 2.15 bits per heavy atom. The van der Waals surface area contributed by atoms with E-state index in [9.17, 15) is 4.79 Å². The van der Waals surface area contributed by atoms with Crippen LogP contribution in [0, 0.1) is 5.41 Å². The van der Waals surface area contributed by atoms with Gasteiger partial charge in [0.25, 0.3) is 0 Å². The standard InChI is InChI=1S/C16H29NO3/c1-3-4-11-20-12-15(18)17-10-6-9-16(13-17)8-5-7-14(16)19-2/h14H,3-13H2,1-2H3/t14-,16-/m1/s1. The number of carbonyl (C=O) groups excluding carboxylic acids is 1. The fraction of sp³-hybridized carbons (Fsp3) is 0.938. The van der Waals surface area contributed by atoms with Crippen molar-refractivity contribution in [2.75, 3.05) is 33.4 Å². The van der Waals surface area contributed by atoms with Crippen LogP contribution in [-0.4, -0.2) is 50.3 Å². The zero-order valence-electron chi connectivity index (χ0n) is 13.0. The third-order valence-electron chi connectivity index (χ3n) is 4.94. The Kier molecular flexibility index (Phi) is 5.85. The van der Waals surface area contributed by atoms with Crippen LogP contribution < -0.4 is 0 Å². The topological polar surface area (TPSA) is 38.8 Å². The van der Waals surface area contributed by atoms with Gasteiger partial charge >= 0.3 is 0 Å². The van der Waals surface area contributed by atoms with Gasteiger partial charge in [-0.2, -0.15) is 0 Å². The summed E-state index contributed by atoms with van der Waals surface area (Å²) in [5.41, 5.74) is 0.214. The largest absolute Gasteiger partial charge is 0.381 e. The number of likely N-dealkylation sites (tertiary alicyclic amines) is 1. The number of hydrogen-bond donors (Lipinski definition) is 0. The monoisotopic (exact) mass is 283 g/mol. The summed E-state index contributed by atoms with van der Waals surface area (Å²) < 4.78 is 11.1. The Labute approximate surface area is 122 Å². The average Bonchev–Trinajstić information content (AvgIpc) is 2.85. The number of rotatable bonds is 6. The van der Waals surface area contributed by atoms with Crippen molar-refractivity contribution in [2.24, 2.45) is 5.41 Å². The molecule has 1 heterocycles. The minimum atomic E-state index is 0.155. The number of unbranched alkanes of at least 4 members (excludes halogenated alkanes) is 1. The fourth-order valence-electron chi connectivity index (χ4n) is 3.81. The Bertz CT molecular complexity index is 321. The highest BCUT2D eigenvalue weighted by Crippen LogP contribution is 2.46. The molecule has 0 unspecified atom stereocenters. The number of piperidine rings is 1. The summed E-state index contributed by atoms with van der Waals surface area (Å²) in [5.74, 6) is 0.155. The Balaban J connectivity index is 1.85. The van der Waals surface area contributed by atoms with Crippen LogP contribution in [0.3, 0.4) is 0 Å². The molecule has 4 nitrogen and oxygen atoms in total. The van der Waals surface area contributed by atoms with Crippen LogP contribution in [0.4, 0.5) is 0 Å². The van der Waals surface area contributed by atoms with Gasteiger partial charge in [-0.3, -0.25) is 4.79 Å². The van der Waals surface area contributed by atoms with E-state index in [0.717, 1.165) is 38.8 Å². The first-order chi connectivity index (χ1) is 9.72. The summed E-state index contributed by atoms with van der Waals surface area (Å²) in [6, 6.07) is 0. The third-order valence-corrected chi connectivity index (χ3v) is 4.94. The molecule has 0 aromatic carbocycles. The molecule has 0 N–H and O–H groups in total. The second kappa shape index (κ2) is 7.41.